The van der Waals surface area contributed by atoms with Crippen molar-refractivity contribution in [2.45, 2.75) is 44.9 Å². The molecule has 8 nitrogen and oxygen atoms in total. The average molecular weight is 388 g/mol. The van der Waals surface area contributed by atoms with E-state index >= 15 is 0 Å². The number of methoxy groups -OCH3 is 1. The van der Waals surface area contributed by atoms with Crippen molar-refractivity contribution < 1.29 is 19.1 Å². The minimum absolute atomic E-state index is 0.000693. The normalized spacial score (nSPS) is 24.6. The molecule has 3 amide bonds. The number of amides is 3. The number of hydrogen-bond donors (Lipinski definition) is 2. The molecule has 3 rings (SSSR count). The molecule has 0 aromatic heterocycles. The van der Waals surface area contributed by atoms with Crippen LogP contribution in [0.5, 0.6) is 5.75 Å². The van der Waals surface area contributed by atoms with Gasteiger partial charge in [-0.1, -0.05) is 12.1 Å². The third-order valence-electron chi connectivity index (χ3n) is 5.34. The number of carbonyl (C=O) groups is 3. The van der Waals surface area contributed by atoms with Gasteiger partial charge in [-0.25, -0.2) is 0 Å². The molecule has 0 spiro atoms. The van der Waals surface area contributed by atoms with E-state index in [4.69, 9.17) is 4.74 Å². The third kappa shape index (κ3) is 4.62. The summed E-state index contributed by atoms with van der Waals surface area (Å²) < 4.78 is 5.30. The Bertz CT molecular complexity index is 753. The summed E-state index contributed by atoms with van der Waals surface area (Å²) in [4.78, 5) is 40.0. The van der Waals surface area contributed by atoms with E-state index in [-0.39, 0.29) is 36.3 Å². The second-order valence-electron chi connectivity index (χ2n) is 7.51. The Labute approximate surface area is 165 Å². The maximum atomic E-state index is 13.2. The van der Waals surface area contributed by atoms with Crippen molar-refractivity contribution in [2.75, 3.05) is 26.7 Å². The minimum Gasteiger partial charge on any atom is -0.497 e. The summed E-state index contributed by atoms with van der Waals surface area (Å²) in [5.41, 5.74) is 1.05. The number of nitrogens with one attached hydrogen (secondary N) is 2. The zero-order valence-corrected chi connectivity index (χ0v) is 16.6. The van der Waals surface area contributed by atoms with Crippen molar-refractivity contribution in [3.63, 3.8) is 0 Å². The van der Waals surface area contributed by atoms with E-state index in [9.17, 15) is 14.4 Å². The van der Waals surface area contributed by atoms with Gasteiger partial charge in [0, 0.05) is 52.1 Å². The Morgan fingerprint density at radius 1 is 1.21 bits per heavy atom. The van der Waals surface area contributed by atoms with E-state index < -0.39 is 6.04 Å². The predicted octanol–water partition coefficient (Wildman–Crippen LogP) is 0.121. The Hall–Kier alpha value is -2.61. The Balaban J connectivity index is 1.78. The topological polar surface area (TPSA) is 91.0 Å². The SMILES string of the molecule is COc1cccc(CN2C[C@@H]3C[C@H](NC(C)=O)CN3C(=O)[C@@H]2CNC(C)=O)c1. The fraction of sp³-hybridized carbons (Fsp3) is 0.550. The Kier molecular flexibility index (Phi) is 6.18. The van der Waals surface area contributed by atoms with Gasteiger partial charge in [-0.15, -0.1) is 0 Å². The monoisotopic (exact) mass is 388 g/mol. The first kappa shape index (κ1) is 20.1. The van der Waals surface area contributed by atoms with Crippen molar-refractivity contribution in [2.24, 2.45) is 0 Å². The zero-order chi connectivity index (χ0) is 20.3. The number of piperazine rings is 1. The summed E-state index contributed by atoms with van der Waals surface area (Å²) in [5, 5.41) is 5.71. The number of nitrogens with zero attached hydrogens (tertiary/aromatic N) is 2. The second kappa shape index (κ2) is 8.60. The van der Waals surface area contributed by atoms with Gasteiger partial charge in [0.25, 0.3) is 0 Å². The highest BCUT2D eigenvalue weighted by Gasteiger charge is 2.45. The minimum atomic E-state index is -0.428. The van der Waals surface area contributed by atoms with Crippen LogP contribution in [0.2, 0.25) is 0 Å². The van der Waals surface area contributed by atoms with Crippen LogP contribution >= 0.6 is 0 Å². The molecule has 28 heavy (non-hydrogen) atoms. The first-order chi connectivity index (χ1) is 13.4. The molecule has 2 saturated heterocycles. The molecule has 2 fully saturated rings. The number of rotatable bonds is 6. The van der Waals surface area contributed by atoms with Crippen LogP contribution in [0, 0.1) is 0 Å². The molecule has 2 heterocycles. The molecular formula is C20H28N4O4. The third-order valence-corrected chi connectivity index (χ3v) is 5.34. The number of benzene rings is 1. The van der Waals surface area contributed by atoms with E-state index in [2.05, 4.69) is 15.5 Å². The standard InChI is InChI=1S/C20H28N4O4/c1-13(25)21-9-19-20(27)24-11-16(22-14(2)26)8-17(24)12-23(19)10-15-5-4-6-18(7-15)28-3/h4-7,16-17,19H,8-12H2,1-3H3,(H,21,25)(H,22,26)/t16-,17-,19-/m0/s1. The van der Waals surface area contributed by atoms with Gasteiger partial charge in [0.05, 0.1) is 7.11 Å². The summed E-state index contributed by atoms with van der Waals surface area (Å²) >= 11 is 0. The number of hydrogen-bond acceptors (Lipinski definition) is 5. The molecule has 0 unspecified atom stereocenters. The van der Waals surface area contributed by atoms with Gasteiger partial charge >= 0.3 is 0 Å². The first-order valence-electron chi connectivity index (χ1n) is 9.56. The van der Waals surface area contributed by atoms with Gasteiger partial charge in [0.1, 0.15) is 11.8 Å². The molecular weight excluding hydrogens is 360 g/mol. The van der Waals surface area contributed by atoms with Crippen molar-refractivity contribution in [3.05, 3.63) is 29.8 Å². The smallest absolute Gasteiger partial charge is 0.242 e. The van der Waals surface area contributed by atoms with Crippen LogP contribution in [0.15, 0.2) is 24.3 Å². The molecule has 0 saturated carbocycles. The van der Waals surface area contributed by atoms with Crippen LogP contribution in [0.4, 0.5) is 0 Å². The average Bonchev–Trinajstić information content (AvgIpc) is 3.03. The van der Waals surface area contributed by atoms with Crippen LogP contribution in [0.3, 0.4) is 0 Å². The fourth-order valence-electron chi connectivity index (χ4n) is 4.13. The lowest BCUT2D eigenvalue weighted by atomic mass is 10.0. The van der Waals surface area contributed by atoms with Gasteiger partial charge in [-0.2, -0.15) is 0 Å². The van der Waals surface area contributed by atoms with Crippen LogP contribution in [-0.4, -0.2) is 72.4 Å². The summed E-state index contributed by atoms with van der Waals surface area (Å²) in [6.45, 7) is 5.02. The molecule has 0 aliphatic carbocycles. The molecule has 1 aromatic rings. The van der Waals surface area contributed by atoms with Crippen LogP contribution in [-0.2, 0) is 20.9 Å². The summed E-state index contributed by atoms with van der Waals surface area (Å²) in [5.74, 6) is 0.530. The van der Waals surface area contributed by atoms with Crippen molar-refractivity contribution in [1.82, 2.24) is 20.4 Å². The van der Waals surface area contributed by atoms with Gasteiger partial charge in [0.15, 0.2) is 0 Å². The molecule has 2 aliphatic heterocycles. The number of fused-ring (bicyclic) bond motifs is 1. The van der Waals surface area contributed by atoms with Crippen molar-refractivity contribution in [3.8, 4) is 5.75 Å². The highest BCUT2D eigenvalue weighted by atomic mass is 16.5. The zero-order valence-electron chi connectivity index (χ0n) is 16.6. The molecule has 0 bridgehead atoms. The second-order valence-corrected chi connectivity index (χ2v) is 7.51. The van der Waals surface area contributed by atoms with E-state index in [1.165, 1.54) is 13.8 Å². The summed E-state index contributed by atoms with van der Waals surface area (Å²) in [6.07, 6.45) is 0.743. The molecule has 2 N–H and O–H groups in total. The lowest BCUT2D eigenvalue weighted by Crippen LogP contribution is -2.62. The molecule has 2 aliphatic rings. The van der Waals surface area contributed by atoms with E-state index in [0.717, 1.165) is 17.7 Å². The molecule has 152 valence electrons. The largest absolute Gasteiger partial charge is 0.497 e. The van der Waals surface area contributed by atoms with E-state index in [1.807, 2.05) is 29.2 Å². The van der Waals surface area contributed by atoms with Gasteiger partial charge in [-0.3, -0.25) is 19.3 Å². The summed E-state index contributed by atoms with van der Waals surface area (Å²) in [7, 11) is 1.63. The van der Waals surface area contributed by atoms with Gasteiger partial charge < -0.3 is 20.3 Å². The molecule has 3 atom stereocenters. The van der Waals surface area contributed by atoms with Crippen LogP contribution in [0.25, 0.3) is 0 Å². The van der Waals surface area contributed by atoms with E-state index in [1.54, 1.807) is 7.11 Å². The van der Waals surface area contributed by atoms with Crippen LogP contribution in [0.1, 0.15) is 25.8 Å². The van der Waals surface area contributed by atoms with Crippen molar-refractivity contribution >= 4 is 17.7 Å². The van der Waals surface area contributed by atoms with Gasteiger partial charge in [-0.05, 0) is 24.1 Å². The predicted molar refractivity (Wildman–Crippen MR) is 104 cm³/mol. The molecule has 0 radical (unpaired) electrons. The molecule has 8 heteroatoms. The maximum absolute atomic E-state index is 13.2. The van der Waals surface area contributed by atoms with Gasteiger partial charge in [0.2, 0.25) is 17.7 Å². The lowest BCUT2D eigenvalue weighted by molar-refractivity contribution is -0.144. The lowest BCUT2D eigenvalue weighted by Gasteiger charge is -2.42. The highest BCUT2D eigenvalue weighted by molar-refractivity contribution is 5.85. The first-order valence-corrected chi connectivity index (χ1v) is 9.56. The van der Waals surface area contributed by atoms with Crippen LogP contribution < -0.4 is 15.4 Å². The van der Waals surface area contributed by atoms with Crippen molar-refractivity contribution in [1.29, 1.82) is 0 Å². The quantitative estimate of drug-likeness (QED) is 0.723. The number of ether oxygens (including phenoxy) is 1. The van der Waals surface area contributed by atoms with E-state index in [0.29, 0.717) is 19.6 Å². The molecule has 1 aromatic carbocycles. The Morgan fingerprint density at radius 2 is 2.00 bits per heavy atom. The fourth-order valence-corrected chi connectivity index (χ4v) is 4.13. The summed E-state index contributed by atoms with van der Waals surface area (Å²) in [6, 6.07) is 7.38. The number of carbonyl (C=O) groups excluding carboxylic acids is 3. The maximum Gasteiger partial charge on any atom is 0.242 e. The highest BCUT2D eigenvalue weighted by Crippen LogP contribution is 2.28. The Morgan fingerprint density at radius 3 is 2.68 bits per heavy atom.